The quantitative estimate of drug-likeness (QED) is 0.946. The molecule has 0 unspecified atom stereocenters. The fourth-order valence-corrected chi connectivity index (χ4v) is 2.75. The molecule has 1 aliphatic rings. The number of hydrogen-bond acceptors (Lipinski definition) is 2. The molecule has 1 saturated heterocycles. The van der Waals surface area contributed by atoms with Crippen LogP contribution in [0.3, 0.4) is 0 Å². The molecule has 3 rings (SSSR count). The minimum Gasteiger partial charge on any atom is -0.341 e. The van der Waals surface area contributed by atoms with Gasteiger partial charge in [0.2, 0.25) is 5.91 Å². The van der Waals surface area contributed by atoms with Gasteiger partial charge in [-0.2, -0.15) is 0 Å². The van der Waals surface area contributed by atoms with Crippen LogP contribution in [0.4, 0.5) is 0 Å². The Labute approximate surface area is 137 Å². The first-order valence-corrected chi connectivity index (χ1v) is 7.40. The summed E-state index contributed by atoms with van der Waals surface area (Å²) < 4.78 is 0. The highest BCUT2D eigenvalue weighted by atomic mass is 35.5. The Kier molecular flexibility index (Phi) is 5.58. The number of carbonyl (C=O) groups excluding carboxylic acids is 1. The van der Waals surface area contributed by atoms with E-state index in [4.69, 9.17) is 5.73 Å². The molecule has 22 heavy (non-hydrogen) atoms. The minimum atomic E-state index is 0. The highest BCUT2D eigenvalue weighted by molar-refractivity contribution is 5.85. The lowest BCUT2D eigenvalue weighted by Gasteiger charge is -2.15. The molecule has 1 heterocycles. The summed E-state index contributed by atoms with van der Waals surface area (Å²) in [5, 5.41) is 0. The van der Waals surface area contributed by atoms with Crippen LogP contribution >= 0.6 is 12.4 Å². The topological polar surface area (TPSA) is 46.3 Å². The molecule has 4 heteroatoms. The van der Waals surface area contributed by atoms with Gasteiger partial charge in [0.25, 0.3) is 0 Å². The van der Waals surface area contributed by atoms with Crippen LogP contribution in [0.15, 0.2) is 54.6 Å². The second-order valence-electron chi connectivity index (χ2n) is 5.63. The van der Waals surface area contributed by atoms with E-state index in [9.17, 15) is 4.79 Å². The Morgan fingerprint density at radius 1 is 1.05 bits per heavy atom. The van der Waals surface area contributed by atoms with Gasteiger partial charge in [0.1, 0.15) is 0 Å². The predicted molar refractivity (Wildman–Crippen MR) is 92.0 cm³/mol. The van der Waals surface area contributed by atoms with Crippen molar-refractivity contribution >= 4 is 18.3 Å². The maximum atomic E-state index is 12.2. The number of benzene rings is 2. The lowest BCUT2D eigenvalue weighted by atomic mass is 10.0. The van der Waals surface area contributed by atoms with Crippen molar-refractivity contribution in [1.82, 2.24) is 4.90 Å². The summed E-state index contributed by atoms with van der Waals surface area (Å²) in [5.41, 5.74) is 9.27. The Morgan fingerprint density at radius 2 is 1.68 bits per heavy atom. The molecular weight excluding hydrogens is 296 g/mol. The Balaban J connectivity index is 0.00000176. The van der Waals surface area contributed by atoms with Crippen LogP contribution < -0.4 is 5.73 Å². The molecule has 1 fully saturated rings. The van der Waals surface area contributed by atoms with Gasteiger partial charge in [0.15, 0.2) is 0 Å². The van der Waals surface area contributed by atoms with Crippen molar-refractivity contribution in [3.63, 3.8) is 0 Å². The number of hydrogen-bond donors (Lipinski definition) is 1. The highest BCUT2D eigenvalue weighted by Gasteiger charge is 2.23. The van der Waals surface area contributed by atoms with Crippen molar-refractivity contribution in [1.29, 1.82) is 0 Å². The van der Waals surface area contributed by atoms with E-state index in [1.54, 1.807) is 0 Å². The number of likely N-dealkylation sites (tertiary alicyclic amines) is 1. The molecule has 116 valence electrons. The van der Waals surface area contributed by atoms with Gasteiger partial charge in [-0.25, -0.2) is 0 Å². The average Bonchev–Trinajstić information content (AvgIpc) is 2.96. The van der Waals surface area contributed by atoms with Crippen LogP contribution in [0.25, 0.3) is 11.1 Å². The van der Waals surface area contributed by atoms with Crippen LogP contribution in [0.5, 0.6) is 0 Å². The van der Waals surface area contributed by atoms with Crippen molar-refractivity contribution < 1.29 is 4.79 Å². The van der Waals surface area contributed by atoms with E-state index >= 15 is 0 Å². The summed E-state index contributed by atoms with van der Waals surface area (Å²) in [6.07, 6.45) is 1.38. The second kappa shape index (κ2) is 7.43. The first-order valence-electron chi connectivity index (χ1n) is 7.40. The SMILES string of the molecule is Cl.N[C@@H]1CCN(C(=O)Cc2ccc(-c3ccccc3)cc2)C1. The molecule has 2 N–H and O–H groups in total. The summed E-state index contributed by atoms with van der Waals surface area (Å²) in [6, 6.07) is 18.6. The van der Waals surface area contributed by atoms with Crippen molar-refractivity contribution in [2.45, 2.75) is 18.9 Å². The third-order valence-corrected chi connectivity index (χ3v) is 3.99. The Morgan fingerprint density at radius 3 is 2.27 bits per heavy atom. The summed E-state index contributed by atoms with van der Waals surface area (Å²) in [6.45, 7) is 1.49. The second-order valence-corrected chi connectivity index (χ2v) is 5.63. The molecule has 0 spiro atoms. The van der Waals surface area contributed by atoms with Gasteiger partial charge in [-0.15, -0.1) is 12.4 Å². The molecule has 1 atom stereocenters. The fraction of sp³-hybridized carbons (Fsp3) is 0.278. The maximum Gasteiger partial charge on any atom is 0.227 e. The first kappa shape index (κ1) is 16.5. The standard InChI is InChI=1S/C18H20N2O.ClH/c19-17-10-11-20(13-17)18(21)12-14-6-8-16(9-7-14)15-4-2-1-3-5-15;/h1-9,17H,10-13,19H2;1H/t17-;/m1./s1. The van der Waals surface area contributed by atoms with Crippen molar-refractivity contribution in [2.75, 3.05) is 13.1 Å². The molecule has 1 amide bonds. The van der Waals surface area contributed by atoms with Gasteiger partial charge in [-0.3, -0.25) is 4.79 Å². The number of amides is 1. The highest BCUT2D eigenvalue weighted by Crippen LogP contribution is 2.20. The number of halogens is 1. The van der Waals surface area contributed by atoms with E-state index in [0.29, 0.717) is 13.0 Å². The van der Waals surface area contributed by atoms with E-state index in [-0.39, 0.29) is 24.4 Å². The molecule has 1 aliphatic heterocycles. The van der Waals surface area contributed by atoms with Crippen molar-refractivity contribution in [2.24, 2.45) is 5.73 Å². The predicted octanol–water partition coefficient (Wildman–Crippen LogP) is 2.88. The van der Waals surface area contributed by atoms with Crippen molar-refractivity contribution in [3.05, 3.63) is 60.2 Å². The van der Waals surface area contributed by atoms with E-state index in [2.05, 4.69) is 24.3 Å². The number of nitrogens with two attached hydrogens (primary N) is 1. The zero-order valence-corrected chi connectivity index (χ0v) is 13.3. The number of rotatable bonds is 3. The molecular formula is C18H21ClN2O. The molecule has 0 radical (unpaired) electrons. The fourth-order valence-electron chi connectivity index (χ4n) is 2.75. The van der Waals surface area contributed by atoms with Gasteiger partial charge in [-0.05, 0) is 23.1 Å². The van der Waals surface area contributed by atoms with E-state index in [1.807, 2.05) is 35.2 Å². The van der Waals surface area contributed by atoms with Gasteiger partial charge >= 0.3 is 0 Å². The maximum absolute atomic E-state index is 12.2. The largest absolute Gasteiger partial charge is 0.341 e. The molecule has 0 bridgehead atoms. The first-order chi connectivity index (χ1) is 10.2. The van der Waals surface area contributed by atoms with E-state index < -0.39 is 0 Å². The zero-order valence-electron chi connectivity index (χ0n) is 12.4. The molecule has 0 saturated carbocycles. The minimum absolute atomic E-state index is 0. The summed E-state index contributed by atoms with van der Waals surface area (Å²) >= 11 is 0. The normalized spacial score (nSPS) is 17.1. The molecule has 3 nitrogen and oxygen atoms in total. The third kappa shape index (κ3) is 3.87. The van der Waals surface area contributed by atoms with Crippen molar-refractivity contribution in [3.8, 4) is 11.1 Å². The van der Waals surface area contributed by atoms with Crippen LogP contribution in [0.1, 0.15) is 12.0 Å². The summed E-state index contributed by atoms with van der Waals surface area (Å²) in [4.78, 5) is 14.1. The lowest BCUT2D eigenvalue weighted by molar-refractivity contribution is -0.129. The van der Waals surface area contributed by atoms with Gasteiger partial charge < -0.3 is 10.6 Å². The molecule has 0 aliphatic carbocycles. The van der Waals surface area contributed by atoms with Crippen LogP contribution in [-0.4, -0.2) is 29.9 Å². The van der Waals surface area contributed by atoms with Gasteiger partial charge in [-0.1, -0.05) is 54.6 Å². The molecule has 2 aromatic rings. The summed E-state index contributed by atoms with van der Waals surface area (Å²) in [5.74, 6) is 0.176. The summed E-state index contributed by atoms with van der Waals surface area (Å²) in [7, 11) is 0. The smallest absolute Gasteiger partial charge is 0.227 e. The molecule has 2 aromatic carbocycles. The van der Waals surface area contributed by atoms with Gasteiger partial charge in [0, 0.05) is 19.1 Å². The third-order valence-electron chi connectivity index (χ3n) is 3.99. The van der Waals surface area contributed by atoms with E-state index in [1.165, 1.54) is 11.1 Å². The number of carbonyl (C=O) groups is 1. The zero-order chi connectivity index (χ0) is 14.7. The Bertz CT molecular complexity index is 613. The van der Waals surface area contributed by atoms with Gasteiger partial charge in [0.05, 0.1) is 6.42 Å². The van der Waals surface area contributed by atoms with E-state index in [0.717, 1.165) is 18.5 Å². The number of nitrogens with zero attached hydrogens (tertiary/aromatic N) is 1. The lowest BCUT2D eigenvalue weighted by Crippen LogP contribution is -2.32. The average molecular weight is 317 g/mol. The van der Waals surface area contributed by atoms with Crippen LogP contribution in [0, 0.1) is 0 Å². The van der Waals surface area contributed by atoms with Crippen LogP contribution in [0.2, 0.25) is 0 Å². The molecule has 0 aromatic heterocycles. The Hall–Kier alpha value is -1.84. The van der Waals surface area contributed by atoms with Crippen LogP contribution in [-0.2, 0) is 11.2 Å². The monoisotopic (exact) mass is 316 g/mol.